The van der Waals surface area contributed by atoms with E-state index in [0.29, 0.717) is 13.2 Å². The van der Waals surface area contributed by atoms with Crippen LogP contribution in [0.1, 0.15) is 36.2 Å². The van der Waals surface area contributed by atoms with Crippen molar-refractivity contribution in [1.29, 1.82) is 0 Å². The number of halogens is 1. The molecular formula is C22H35IN6O3. The van der Waals surface area contributed by atoms with Crippen LogP contribution >= 0.6 is 24.0 Å². The third kappa shape index (κ3) is 6.24. The van der Waals surface area contributed by atoms with Gasteiger partial charge in [-0.2, -0.15) is 5.10 Å². The smallest absolute Gasteiger partial charge is 0.194 e. The first-order valence-electron chi connectivity index (χ1n) is 11.2. The average Bonchev–Trinajstić information content (AvgIpc) is 3.42. The molecule has 2 aliphatic rings. The fourth-order valence-corrected chi connectivity index (χ4v) is 4.16. The Hall–Kier alpha value is -1.63. The van der Waals surface area contributed by atoms with Crippen molar-refractivity contribution in [1.82, 2.24) is 24.9 Å². The van der Waals surface area contributed by atoms with Crippen LogP contribution < -0.4 is 5.32 Å². The van der Waals surface area contributed by atoms with Gasteiger partial charge in [-0.25, -0.2) is 0 Å². The van der Waals surface area contributed by atoms with Crippen molar-refractivity contribution in [2.24, 2.45) is 12.0 Å². The zero-order valence-corrected chi connectivity index (χ0v) is 21.5. The molecule has 4 heterocycles. The summed E-state index contributed by atoms with van der Waals surface area (Å²) in [5.41, 5.74) is 1.10. The second-order valence-electron chi connectivity index (χ2n) is 8.06. The zero-order chi connectivity index (χ0) is 21.6. The van der Waals surface area contributed by atoms with E-state index in [1.54, 1.807) is 0 Å². The van der Waals surface area contributed by atoms with Crippen LogP contribution in [0.4, 0.5) is 0 Å². The molecule has 0 spiro atoms. The van der Waals surface area contributed by atoms with Crippen molar-refractivity contribution < 1.29 is 13.9 Å². The molecule has 0 amide bonds. The van der Waals surface area contributed by atoms with E-state index in [1.165, 1.54) is 0 Å². The van der Waals surface area contributed by atoms with E-state index >= 15 is 0 Å². The Morgan fingerprint density at radius 1 is 1.25 bits per heavy atom. The Morgan fingerprint density at radius 3 is 2.72 bits per heavy atom. The van der Waals surface area contributed by atoms with Crippen molar-refractivity contribution >= 4 is 29.9 Å². The number of rotatable bonds is 6. The zero-order valence-electron chi connectivity index (χ0n) is 19.2. The maximum absolute atomic E-state index is 6.01. The molecule has 2 fully saturated rings. The van der Waals surface area contributed by atoms with E-state index < -0.39 is 0 Å². The van der Waals surface area contributed by atoms with Crippen molar-refractivity contribution in [3.05, 3.63) is 41.6 Å². The Kier molecular flexibility index (Phi) is 9.38. The topological polar surface area (TPSA) is 80.3 Å². The predicted octanol–water partition coefficient (Wildman–Crippen LogP) is 2.35. The van der Waals surface area contributed by atoms with Gasteiger partial charge in [0.25, 0.3) is 0 Å². The van der Waals surface area contributed by atoms with E-state index in [2.05, 4.69) is 33.2 Å². The summed E-state index contributed by atoms with van der Waals surface area (Å²) in [5.74, 6) is 2.81. The van der Waals surface area contributed by atoms with Gasteiger partial charge >= 0.3 is 0 Å². The molecule has 2 aromatic rings. The molecule has 2 aliphatic heterocycles. The molecule has 32 heavy (non-hydrogen) atoms. The third-order valence-corrected chi connectivity index (χ3v) is 5.79. The third-order valence-electron chi connectivity index (χ3n) is 5.79. The van der Waals surface area contributed by atoms with Gasteiger partial charge in [0, 0.05) is 45.0 Å². The average molecular weight is 558 g/mol. The van der Waals surface area contributed by atoms with E-state index in [-0.39, 0.29) is 36.1 Å². The van der Waals surface area contributed by atoms with E-state index in [4.69, 9.17) is 18.9 Å². The summed E-state index contributed by atoms with van der Waals surface area (Å²) in [6, 6.07) is 4.20. The largest absolute Gasteiger partial charge is 0.465 e. The van der Waals surface area contributed by atoms with Gasteiger partial charge < -0.3 is 24.1 Å². The molecule has 4 rings (SSSR count). The van der Waals surface area contributed by atoms with Gasteiger partial charge in [-0.1, -0.05) is 0 Å². The summed E-state index contributed by atoms with van der Waals surface area (Å²) in [6.45, 7) is 11.0. The number of nitrogens with one attached hydrogen (secondary N) is 1. The van der Waals surface area contributed by atoms with E-state index in [1.807, 2.05) is 37.1 Å². The molecule has 10 heteroatoms. The Balaban J connectivity index is 0.00000289. The standard InChI is InChI=1S/C22H34N6O3.HI/c1-4-23-22(28-9-12-30-21(16-28)18-13-25-26(3)15-18)24-14-19(20-6-5-17(2)31-20)27-7-10-29-11-8-27;/h5-6,13,15,19,21H,4,7-12,14,16H2,1-3H3,(H,23,24);1H. The number of furan rings is 1. The Bertz CT molecular complexity index is 863. The minimum absolute atomic E-state index is 0. The number of aliphatic imine (C=N–C) groups is 1. The second-order valence-corrected chi connectivity index (χ2v) is 8.06. The van der Waals surface area contributed by atoms with Gasteiger partial charge in [-0.15, -0.1) is 24.0 Å². The summed E-state index contributed by atoms with van der Waals surface area (Å²) in [7, 11) is 1.93. The van der Waals surface area contributed by atoms with Crippen LogP contribution in [0.2, 0.25) is 0 Å². The normalized spacial score (nSPS) is 21.3. The highest BCUT2D eigenvalue weighted by molar-refractivity contribution is 14.0. The van der Waals surface area contributed by atoms with Crippen LogP contribution in [0.15, 0.2) is 33.9 Å². The lowest BCUT2D eigenvalue weighted by Crippen LogP contribution is -2.48. The number of hydrogen-bond donors (Lipinski definition) is 1. The number of ether oxygens (including phenoxy) is 2. The Morgan fingerprint density at radius 2 is 2.06 bits per heavy atom. The molecule has 0 aromatic carbocycles. The molecule has 0 bridgehead atoms. The van der Waals surface area contributed by atoms with E-state index in [0.717, 1.165) is 69.0 Å². The molecule has 2 atom stereocenters. The minimum Gasteiger partial charge on any atom is -0.465 e. The number of morpholine rings is 2. The lowest BCUT2D eigenvalue weighted by Gasteiger charge is -2.36. The molecule has 2 unspecified atom stereocenters. The number of guanidine groups is 1. The number of aryl methyl sites for hydroxylation is 2. The van der Waals surface area contributed by atoms with Crippen LogP contribution in [0, 0.1) is 6.92 Å². The van der Waals surface area contributed by atoms with Crippen LogP contribution in [0.25, 0.3) is 0 Å². The number of aromatic nitrogens is 2. The summed E-state index contributed by atoms with van der Waals surface area (Å²) < 4.78 is 19.4. The molecule has 2 aromatic heterocycles. The molecule has 1 N–H and O–H groups in total. The molecule has 178 valence electrons. The van der Waals surface area contributed by atoms with Crippen LogP contribution in [-0.4, -0.2) is 84.6 Å². The highest BCUT2D eigenvalue weighted by atomic mass is 127. The SMILES string of the molecule is CCNC(=NCC(c1ccc(C)o1)N1CCOCC1)N1CCOC(c2cnn(C)c2)C1.I. The molecule has 0 saturated carbocycles. The monoisotopic (exact) mass is 558 g/mol. The quantitative estimate of drug-likeness (QED) is 0.331. The highest BCUT2D eigenvalue weighted by Gasteiger charge is 2.28. The van der Waals surface area contributed by atoms with Gasteiger partial charge in [0.05, 0.1) is 45.1 Å². The molecule has 0 aliphatic carbocycles. The van der Waals surface area contributed by atoms with E-state index in [9.17, 15) is 0 Å². The number of hydrogen-bond acceptors (Lipinski definition) is 6. The maximum Gasteiger partial charge on any atom is 0.194 e. The van der Waals surface area contributed by atoms with Gasteiger partial charge in [0.1, 0.15) is 17.6 Å². The predicted molar refractivity (Wildman–Crippen MR) is 133 cm³/mol. The fraction of sp³-hybridized carbons (Fsp3) is 0.636. The van der Waals surface area contributed by atoms with Crippen molar-refractivity contribution in [3.8, 4) is 0 Å². The van der Waals surface area contributed by atoms with Crippen molar-refractivity contribution in [3.63, 3.8) is 0 Å². The first kappa shape index (κ1) is 25.0. The molecule has 9 nitrogen and oxygen atoms in total. The maximum atomic E-state index is 6.01. The van der Waals surface area contributed by atoms with Crippen molar-refractivity contribution in [2.45, 2.75) is 26.0 Å². The summed E-state index contributed by atoms with van der Waals surface area (Å²) >= 11 is 0. The summed E-state index contributed by atoms with van der Waals surface area (Å²) in [4.78, 5) is 9.74. The molecular weight excluding hydrogens is 523 g/mol. The second kappa shape index (κ2) is 12.0. The minimum atomic E-state index is -0.00549. The number of nitrogens with zero attached hydrogens (tertiary/aromatic N) is 5. The lowest BCUT2D eigenvalue weighted by atomic mass is 10.1. The van der Waals surface area contributed by atoms with Crippen LogP contribution in [0.5, 0.6) is 0 Å². The highest BCUT2D eigenvalue weighted by Crippen LogP contribution is 2.25. The fourth-order valence-electron chi connectivity index (χ4n) is 4.16. The van der Waals surface area contributed by atoms with Crippen LogP contribution in [-0.2, 0) is 16.5 Å². The molecule has 2 saturated heterocycles. The first-order chi connectivity index (χ1) is 15.1. The summed E-state index contributed by atoms with van der Waals surface area (Å²) in [6.07, 6.45) is 3.90. The lowest BCUT2D eigenvalue weighted by molar-refractivity contribution is -0.00829. The molecule has 0 radical (unpaired) electrons. The van der Waals surface area contributed by atoms with Gasteiger partial charge in [-0.05, 0) is 26.0 Å². The van der Waals surface area contributed by atoms with Gasteiger partial charge in [-0.3, -0.25) is 14.6 Å². The summed E-state index contributed by atoms with van der Waals surface area (Å²) in [5, 5.41) is 7.76. The first-order valence-corrected chi connectivity index (χ1v) is 11.2. The van der Waals surface area contributed by atoms with Gasteiger partial charge in [0.2, 0.25) is 0 Å². The van der Waals surface area contributed by atoms with Crippen LogP contribution in [0.3, 0.4) is 0 Å². The Labute approximate surface area is 207 Å². The van der Waals surface area contributed by atoms with Crippen molar-refractivity contribution in [2.75, 3.05) is 59.1 Å². The van der Waals surface area contributed by atoms with Gasteiger partial charge in [0.15, 0.2) is 5.96 Å².